The Morgan fingerprint density at radius 2 is 1.72 bits per heavy atom. The van der Waals surface area contributed by atoms with E-state index in [2.05, 4.69) is 9.72 Å². The molecule has 0 aliphatic rings. The Hall–Kier alpha value is -0.810. The topological polar surface area (TPSA) is 22.1 Å². The van der Waals surface area contributed by atoms with Gasteiger partial charge in [-0.25, -0.2) is 9.37 Å². The second kappa shape index (κ2) is 5.05. The van der Waals surface area contributed by atoms with Gasteiger partial charge in [0.25, 0.3) is 0 Å². The van der Waals surface area contributed by atoms with E-state index in [9.17, 15) is 30.7 Å². The maximum absolute atomic E-state index is 12.5. The van der Waals surface area contributed by atoms with Crippen LogP contribution in [0.15, 0.2) is 6.07 Å². The highest BCUT2D eigenvalue weighted by atomic mass is 127. The minimum atomic E-state index is -5.11. The Morgan fingerprint density at radius 1 is 1.17 bits per heavy atom. The van der Waals surface area contributed by atoms with Gasteiger partial charge in [-0.05, 0) is 22.6 Å². The summed E-state index contributed by atoms with van der Waals surface area (Å²) in [5.41, 5.74) is -2.36. The van der Waals surface area contributed by atoms with E-state index in [1.807, 2.05) is 0 Å². The fourth-order valence-electron chi connectivity index (χ4n) is 1.11. The third-order valence-corrected chi connectivity index (χ3v) is 2.46. The van der Waals surface area contributed by atoms with Crippen molar-refractivity contribution in [3.05, 3.63) is 20.9 Å². The number of ether oxygens (including phenoxy) is 1. The lowest BCUT2D eigenvalue weighted by Gasteiger charge is -2.15. The highest BCUT2D eigenvalue weighted by Gasteiger charge is 2.38. The molecule has 0 fully saturated rings. The SMILES string of the molecule is FCc1cc(OC(F)(F)F)nc(I)c1C(F)(F)F. The summed E-state index contributed by atoms with van der Waals surface area (Å²) < 4.78 is 88.0. The first-order valence-corrected chi connectivity index (χ1v) is 5.21. The summed E-state index contributed by atoms with van der Waals surface area (Å²) in [5.74, 6) is -1.13. The van der Waals surface area contributed by atoms with Gasteiger partial charge in [0, 0.05) is 11.6 Å². The second-order valence-electron chi connectivity index (χ2n) is 2.96. The Bertz CT molecular complexity index is 442. The molecule has 0 N–H and O–H groups in total. The molecule has 18 heavy (non-hydrogen) atoms. The van der Waals surface area contributed by atoms with Crippen molar-refractivity contribution in [1.29, 1.82) is 0 Å². The van der Waals surface area contributed by atoms with Crippen LogP contribution in [0.25, 0.3) is 0 Å². The lowest BCUT2D eigenvalue weighted by Crippen LogP contribution is -2.20. The number of nitrogens with zero attached hydrogens (tertiary/aromatic N) is 1. The van der Waals surface area contributed by atoms with Gasteiger partial charge >= 0.3 is 12.5 Å². The predicted molar refractivity (Wildman–Crippen MR) is 53.5 cm³/mol. The van der Waals surface area contributed by atoms with Crippen LogP contribution >= 0.6 is 22.6 Å². The minimum Gasteiger partial charge on any atom is -0.388 e. The Labute approximate surface area is 109 Å². The smallest absolute Gasteiger partial charge is 0.388 e. The van der Waals surface area contributed by atoms with E-state index in [1.54, 1.807) is 0 Å². The maximum Gasteiger partial charge on any atom is 0.574 e. The normalized spacial score (nSPS) is 12.7. The average Bonchev–Trinajstić information content (AvgIpc) is 2.11. The van der Waals surface area contributed by atoms with Crippen molar-refractivity contribution in [1.82, 2.24) is 4.98 Å². The molecule has 0 bridgehead atoms. The monoisotopic (exact) mass is 389 g/mol. The van der Waals surface area contributed by atoms with Crippen LogP contribution in [0.1, 0.15) is 11.1 Å². The molecule has 0 atom stereocenters. The van der Waals surface area contributed by atoms with E-state index < -0.39 is 39.9 Å². The summed E-state index contributed by atoms with van der Waals surface area (Å²) >= 11 is 1.07. The van der Waals surface area contributed by atoms with Gasteiger partial charge in [0.2, 0.25) is 5.88 Å². The van der Waals surface area contributed by atoms with Crippen molar-refractivity contribution in [3.8, 4) is 5.88 Å². The quantitative estimate of drug-likeness (QED) is 0.432. The summed E-state index contributed by atoms with van der Waals surface area (Å²) in [6.07, 6.45) is -10.0. The molecule has 0 aliphatic heterocycles. The van der Waals surface area contributed by atoms with E-state index in [0.717, 1.165) is 22.6 Å². The molecule has 1 aromatic heterocycles. The molecule has 0 saturated heterocycles. The number of halogens is 8. The molecule has 0 unspecified atom stereocenters. The Balaban J connectivity index is 3.28. The lowest BCUT2D eigenvalue weighted by molar-refractivity contribution is -0.276. The molecule has 0 radical (unpaired) electrons. The van der Waals surface area contributed by atoms with Gasteiger partial charge in [0.1, 0.15) is 10.4 Å². The molecule has 102 valence electrons. The zero-order valence-corrected chi connectivity index (χ0v) is 10.3. The van der Waals surface area contributed by atoms with E-state index in [0.29, 0.717) is 0 Å². The van der Waals surface area contributed by atoms with Crippen LogP contribution < -0.4 is 4.74 Å². The summed E-state index contributed by atoms with van der Waals surface area (Å²) in [4.78, 5) is 2.99. The van der Waals surface area contributed by atoms with Gasteiger partial charge in [-0.15, -0.1) is 13.2 Å². The van der Waals surface area contributed by atoms with Gasteiger partial charge in [-0.3, -0.25) is 0 Å². The molecule has 0 spiro atoms. The van der Waals surface area contributed by atoms with E-state index in [4.69, 9.17) is 0 Å². The largest absolute Gasteiger partial charge is 0.574 e. The molecule has 1 heterocycles. The predicted octanol–water partition coefficient (Wildman–Crippen LogP) is 4.07. The Morgan fingerprint density at radius 3 is 2.11 bits per heavy atom. The van der Waals surface area contributed by atoms with E-state index >= 15 is 0 Å². The average molecular weight is 389 g/mol. The van der Waals surface area contributed by atoms with E-state index in [1.165, 1.54) is 0 Å². The van der Waals surface area contributed by atoms with Crippen molar-refractivity contribution >= 4 is 22.6 Å². The third kappa shape index (κ3) is 3.85. The van der Waals surface area contributed by atoms with Crippen LogP contribution in [-0.4, -0.2) is 11.3 Å². The Kier molecular flexibility index (Phi) is 4.28. The van der Waals surface area contributed by atoms with Gasteiger partial charge in [-0.1, -0.05) is 0 Å². The van der Waals surface area contributed by atoms with Gasteiger partial charge in [0.15, 0.2) is 0 Å². The van der Waals surface area contributed by atoms with Gasteiger partial charge in [0.05, 0.1) is 5.56 Å². The van der Waals surface area contributed by atoms with Crippen LogP contribution in [0.4, 0.5) is 30.7 Å². The van der Waals surface area contributed by atoms with Gasteiger partial charge in [-0.2, -0.15) is 13.2 Å². The third-order valence-electron chi connectivity index (χ3n) is 1.68. The van der Waals surface area contributed by atoms with Crippen molar-refractivity contribution in [2.24, 2.45) is 0 Å². The van der Waals surface area contributed by atoms with E-state index in [-0.39, 0.29) is 6.07 Å². The van der Waals surface area contributed by atoms with Crippen molar-refractivity contribution in [3.63, 3.8) is 0 Å². The maximum atomic E-state index is 12.5. The molecule has 1 aromatic rings. The van der Waals surface area contributed by atoms with Crippen LogP contribution in [-0.2, 0) is 12.9 Å². The number of pyridine rings is 1. The molecule has 0 aliphatic carbocycles. The first-order chi connectivity index (χ1) is 8.04. The molecular formula is C8H3F7INO. The first-order valence-electron chi connectivity index (χ1n) is 4.13. The summed E-state index contributed by atoms with van der Waals surface area (Å²) in [6.45, 7) is -1.58. The lowest BCUT2D eigenvalue weighted by atomic mass is 10.1. The highest BCUT2D eigenvalue weighted by molar-refractivity contribution is 14.1. The van der Waals surface area contributed by atoms with Crippen molar-refractivity contribution in [2.45, 2.75) is 19.2 Å². The summed E-state index contributed by atoms with van der Waals surface area (Å²) in [6, 6.07) is 0.276. The molecule has 0 amide bonds. The first kappa shape index (κ1) is 15.2. The zero-order valence-electron chi connectivity index (χ0n) is 8.16. The minimum absolute atomic E-state index is 0.276. The summed E-state index contributed by atoms with van der Waals surface area (Å²) in [5, 5.41) is 0. The molecule has 1 rings (SSSR count). The molecule has 0 aromatic carbocycles. The van der Waals surface area contributed by atoms with Crippen LogP contribution in [0.2, 0.25) is 0 Å². The zero-order chi connectivity index (χ0) is 14.1. The number of hydrogen-bond acceptors (Lipinski definition) is 2. The number of hydrogen-bond donors (Lipinski definition) is 0. The number of alkyl halides is 7. The fraction of sp³-hybridized carbons (Fsp3) is 0.375. The fourth-order valence-corrected chi connectivity index (χ4v) is 2.00. The van der Waals surface area contributed by atoms with Crippen LogP contribution in [0.5, 0.6) is 5.88 Å². The second-order valence-corrected chi connectivity index (χ2v) is 3.99. The number of rotatable bonds is 2. The highest BCUT2D eigenvalue weighted by Crippen LogP contribution is 2.37. The molecule has 2 nitrogen and oxygen atoms in total. The summed E-state index contributed by atoms with van der Waals surface area (Å²) in [7, 11) is 0. The molecule has 0 saturated carbocycles. The van der Waals surface area contributed by atoms with Gasteiger partial charge < -0.3 is 4.74 Å². The van der Waals surface area contributed by atoms with Crippen molar-refractivity contribution in [2.75, 3.05) is 0 Å². The standard InChI is InChI=1S/C8H3F7INO/c9-2-3-1-4(18-8(13,14)15)17-6(16)5(3)7(10,11)12/h1H,2H2. The van der Waals surface area contributed by atoms with Crippen molar-refractivity contribution < 1.29 is 35.5 Å². The number of aromatic nitrogens is 1. The molecular weight excluding hydrogens is 386 g/mol. The van der Waals surface area contributed by atoms with Crippen LogP contribution in [0.3, 0.4) is 0 Å². The van der Waals surface area contributed by atoms with Crippen LogP contribution in [0, 0.1) is 3.70 Å². The molecule has 10 heteroatoms.